The van der Waals surface area contributed by atoms with Crippen LogP contribution in [0.3, 0.4) is 0 Å². The Kier molecular flexibility index (Phi) is 5.66. The number of aromatic nitrogens is 1. The predicted octanol–water partition coefficient (Wildman–Crippen LogP) is 3.87. The van der Waals surface area contributed by atoms with Gasteiger partial charge < -0.3 is 15.1 Å². The fourth-order valence-electron chi connectivity index (χ4n) is 3.86. The lowest BCUT2D eigenvalue weighted by Crippen LogP contribution is -2.52. The van der Waals surface area contributed by atoms with Crippen LogP contribution in [-0.4, -0.2) is 47.0 Å². The van der Waals surface area contributed by atoms with E-state index in [1.54, 1.807) is 35.4 Å². The van der Waals surface area contributed by atoms with Gasteiger partial charge in [0.1, 0.15) is 5.82 Å². The van der Waals surface area contributed by atoms with E-state index < -0.39 is 4.92 Å². The summed E-state index contributed by atoms with van der Waals surface area (Å²) in [4.78, 5) is 31.5. The topological polar surface area (TPSA) is 91.6 Å². The van der Waals surface area contributed by atoms with Crippen LogP contribution in [0.25, 0.3) is 10.8 Å². The summed E-state index contributed by atoms with van der Waals surface area (Å²) in [5.74, 6) is -0.312. The minimum Gasteiger partial charge on any atom is -0.367 e. The van der Waals surface area contributed by atoms with Crippen LogP contribution in [0.5, 0.6) is 0 Å². The Labute approximate surface area is 178 Å². The number of anilines is 1. The van der Waals surface area contributed by atoms with Gasteiger partial charge in [0, 0.05) is 55.7 Å². The zero-order chi connectivity index (χ0) is 22.0. The molecule has 1 aromatic heterocycles. The molecule has 0 spiro atoms. The van der Waals surface area contributed by atoms with Gasteiger partial charge in [0.25, 0.3) is 5.69 Å². The Hall–Kier alpha value is -3.75. The van der Waals surface area contributed by atoms with Crippen molar-refractivity contribution in [2.75, 3.05) is 31.1 Å². The number of carbonyl (C=O) groups excluding carboxylic acids is 1. The second kappa shape index (κ2) is 8.55. The molecule has 1 unspecified atom stereocenters. The van der Waals surface area contributed by atoms with Crippen molar-refractivity contribution in [2.45, 2.75) is 13.0 Å². The van der Waals surface area contributed by atoms with Gasteiger partial charge in [0.2, 0.25) is 0 Å². The van der Waals surface area contributed by atoms with E-state index in [2.05, 4.69) is 15.2 Å². The molecule has 0 bridgehead atoms. The van der Waals surface area contributed by atoms with Crippen LogP contribution < -0.4 is 10.2 Å². The molecule has 9 heteroatoms. The zero-order valence-electron chi connectivity index (χ0n) is 17.0. The highest BCUT2D eigenvalue weighted by Crippen LogP contribution is 2.33. The third-order valence-electron chi connectivity index (χ3n) is 5.59. The number of nitrogens with one attached hydrogen (secondary N) is 1. The first kappa shape index (κ1) is 20.5. The zero-order valence-corrected chi connectivity index (χ0v) is 17.0. The maximum absolute atomic E-state index is 13.1. The first-order valence-electron chi connectivity index (χ1n) is 10.0. The molecule has 3 aromatic rings. The van der Waals surface area contributed by atoms with Crippen molar-refractivity contribution in [1.29, 1.82) is 0 Å². The lowest BCUT2D eigenvalue weighted by atomic mass is 10.1. The Morgan fingerprint density at radius 3 is 2.48 bits per heavy atom. The summed E-state index contributed by atoms with van der Waals surface area (Å²) in [6, 6.07) is 10.7. The largest absolute Gasteiger partial charge is 0.367 e. The Balaban J connectivity index is 1.43. The highest BCUT2D eigenvalue weighted by Gasteiger charge is 2.25. The van der Waals surface area contributed by atoms with Crippen molar-refractivity contribution in [3.8, 4) is 0 Å². The third kappa shape index (κ3) is 4.25. The number of amides is 2. The molecule has 160 valence electrons. The van der Waals surface area contributed by atoms with Crippen molar-refractivity contribution in [2.24, 2.45) is 0 Å². The van der Waals surface area contributed by atoms with Crippen LogP contribution in [0, 0.1) is 15.9 Å². The molecule has 1 aliphatic heterocycles. The second-order valence-electron chi connectivity index (χ2n) is 7.48. The number of piperazine rings is 1. The van der Waals surface area contributed by atoms with Crippen molar-refractivity contribution >= 4 is 28.2 Å². The second-order valence-corrected chi connectivity index (χ2v) is 7.48. The lowest BCUT2D eigenvalue weighted by molar-refractivity contribution is -0.383. The molecule has 1 fully saturated rings. The molecule has 2 aromatic carbocycles. The van der Waals surface area contributed by atoms with Crippen LogP contribution in [0.15, 0.2) is 54.9 Å². The summed E-state index contributed by atoms with van der Waals surface area (Å²) in [5.41, 5.74) is 1.75. The van der Waals surface area contributed by atoms with Gasteiger partial charge >= 0.3 is 6.03 Å². The van der Waals surface area contributed by atoms with Gasteiger partial charge in [-0.2, -0.15) is 0 Å². The van der Waals surface area contributed by atoms with Crippen LogP contribution >= 0.6 is 0 Å². The third-order valence-corrected chi connectivity index (χ3v) is 5.59. The van der Waals surface area contributed by atoms with E-state index in [1.165, 1.54) is 24.4 Å². The number of hydrogen-bond acceptors (Lipinski definition) is 5. The monoisotopic (exact) mass is 423 g/mol. The number of rotatable bonds is 4. The fourth-order valence-corrected chi connectivity index (χ4v) is 3.86. The first-order valence-corrected chi connectivity index (χ1v) is 10.0. The molecule has 8 nitrogen and oxygen atoms in total. The molecule has 1 N–H and O–H groups in total. The predicted molar refractivity (Wildman–Crippen MR) is 116 cm³/mol. The molecule has 1 atom stereocenters. The number of non-ortho nitro benzene ring substituents is 1. The highest BCUT2D eigenvalue weighted by atomic mass is 19.1. The van der Waals surface area contributed by atoms with Crippen molar-refractivity contribution < 1.29 is 14.1 Å². The summed E-state index contributed by atoms with van der Waals surface area (Å²) in [7, 11) is 0. The van der Waals surface area contributed by atoms with Crippen molar-refractivity contribution in [3.05, 3.63) is 76.4 Å². The number of halogens is 1. The van der Waals surface area contributed by atoms with Gasteiger partial charge in [0.15, 0.2) is 0 Å². The summed E-state index contributed by atoms with van der Waals surface area (Å²) in [6.07, 6.45) is 3.13. The molecule has 0 aliphatic carbocycles. The summed E-state index contributed by atoms with van der Waals surface area (Å²) < 4.78 is 13.1. The maximum atomic E-state index is 13.1. The summed E-state index contributed by atoms with van der Waals surface area (Å²) in [6.45, 7) is 4.11. The molecular weight excluding hydrogens is 401 g/mol. The fraction of sp³-hybridized carbons (Fsp3) is 0.273. The van der Waals surface area contributed by atoms with Gasteiger partial charge in [-0.1, -0.05) is 12.1 Å². The molecule has 1 aliphatic rings. The molecule has 0 radical (unpaired) electrons. The van der Waals surface area contributed by atoms with Gasteiger partial charge in [0.05, 0.1) is 16.4 Å². The first-order chi connectivity index (χ1) is 14.9. The minimum atomic E-state index is -0.404. The van der Waals surface area contributed by atoms with E-state index in [0.717, 1.165) is 16.6 Å². The van der Waals surface area contributed by atoms with Gasteiger partial charge in [-0.15, -0.1) is 0 Å². The molecule has 4 rings (SSSR count). The average molecular weight is 423 g/mol. The van der Waals surface area contributed by atoms with E-state index >= 15 is 0 Å². The molecular formula is C22H22FN5O3. The molecule has 31 heavy (non-hydrogen) atoms. The van der Waals surface area contributed by atoms with Crippen LogP contribution in [0.4, 0.5) is 20.6 Å². The minimum absolute atomic E-state index is 0.0274. The smallest absolute Gasteiger partial charge is 0.317 e. The number of hydrogen-bond donors (Lipinski definition) is 1. The number of pyridine rings is 1. The Bertz CT molecular complexity index is 1110. The van der Waals surface area contributed by atoms with Gasteiger partial charge in [-0.3, -0.25) is 15.1 Å². The number of nitrogens with zero attached hydrogens (tertiary/aromatic N) is 4. The van der Waals surface area contributed by atoms with Crippen LogP contribution in [0.1, 0.15) is 18.5 Å². The van der Waals surface area contributed by atoms with Gasteiger partial charge in [-0.05, 0) is 36.8 Å². The number of carbonyl (C=O) groups is 1. The van der Waals surface area contributed by atoms with E-state index in [0.29, 0.717) is 31.6 Å². The lowest BCUT2D eigenvalue weighted by Gasteiger charge is -2.37. The number of urea groups is 1. The van der Waals surface area contributed by atoms with E-state index in [4.69, 9.17) is 0 Å². The number of benzene rings is 2. The molecule has 1 saturated heterocycles. The van der Waals surface area contributed by atoms with E-state index in [1.807, 2.05) is 6.92 Å². The highest BCUT2D eigenvalue weighted by molar-refractivity contribution is 5.99. The quantitative estimate of drug-likeness (QED) is 0.508. The van der Waals surface area contributed by atoms with Crippen LogP contribution in [-0.2, 0) is 0 Å². The van der Waals surface area contributed by atoms with Gasteiger partial charge in [-0.25, -0.2) is 9.18 Å². The molecule has 2 amide bonds. The normalized spacial score (nSPS) is 15.0. The van der Waals surface area contributed by atoms with E-state index in [9.17, 15) is 19.3 Å². The van der Waals surface area contributed by atoms with Crippen molar-refractivity contribution in [1.82, 2.24) is 15.2 Å². The standard InChI is InChI=1S/C22H22FN5O3/c1-15(16-2-4-17(23)5-3-16)25-22(29)27-12-10-26(11-13-27)20-6-7-21(28(30)31)19-14-24-9-8-18(19)20/h2-9,14-15H,10-13H2,1H3,(H,25,29). The average Bonchev–Trinajstić information content (AvgIpc) is 2.78. The summed E-state index contributed by atoms with van der Waals surface area (Å²) >= 11 is 0. The Morgan fingerprint density at radius 2 is 1.81 bits per heavy atom. The molecule has 0 saturated carbocycles. The summed E-state index contributed by atoms with van der Waals surface area (Å²) in [5, 5.41) is 15.5. The Morgan fingerprint density at radius 1 is 1.10 bits per heavy atom. The number of fused-ring (bicyclic) bond motifs is 1. The maximum Gasteiger partial charge on any atom is 0.317 e. The number of nitro groups is 1. The molecule has 2 heterocycles. The van der Waals surface area contributed by atoms with Crippen molar-refractivity contribution in [3.63, 3.8) is 0 Å². The van der Waals surface area contributed by atoms with E-state index in [-0.39, 0.29) is 23.6 Å². The van der Waals surface area contributed by atoms with Crippen LogP contribution in [0.2, 0.25) is 0 Å². The SMILES string of the molecule is CC(NC(=O)N1CCN(c2ccc([N+](=O)[O-])c3cnccc23)CC1)c1ccc(F)cc1. The number of nitro benzene ring substituents is 1.